The van der Waals surface area contributed by atoms with Gasteiger partial charge in [0.05, 0.1) is 12.7 Å². The Kier molecular flexibility index (Phi) is 8.06. The molecule has 0 unspecified atom stereocenters. The summed E-state index contributed by atoms with van der Waals surface area (Å²) in [7, 11) is 0. The van der Waals surface area contributed by atoms with Crippen molar-refractivity contribution >= 4 is 0 Å². The van der Waals surface area contributed by atoms with Gasteiger partial charge in [0.1, 0.15) is 5.82 Å². The van der Waals surface area contributed by atoms with Crippen molar-refractivity contribution in [1.29, 1.82) is 0 Å². The summed E-state index contributed by atoms with van der Waals surface area (Å²) in [6.07, 6.45) is -0.553. The average molecular weight is 345 g/mol. The van der Waals surface area contributed by atoms with Crippen molar-refractivity contribution in [3.05, 3.63) is 71.5 Å². The summed E-state index contributed by atoms with van der Waals surface area (Å²) in [5, 5.41) is 10.3. The van der Waals surface area contributed by atoms with Crippen LogP contribution in [0.4, 0.5) is 4.39 Å². The van der Waals surface area contributed by atoms with E-state index in [9.17, 15) is 9.50 Å². The summed E-state index contributed by atoms with van der Waals surface area (Å²) >= 11 is 0. The van der Waals surface area contributed by atoms with Crippen molar-refractivity contribution in [3.63, 3.8) is 0 Å². The zero-order valence-corrected chi connectivity index (χ0v) is 15.1. The minimum absolute atomic E-state index is 0.236. The number of rotatable bonds is 10. The molecule has 0 aliphatic carbocycles. The van der Waals surface area contributed by atoms with Crippen LogP contribution in [0.3, 0.4) is 0 Å². The molecular formula is C21H28FNO2. The van der Waals surface area contributed by atoms with Crippen LogP contribution in [0.5, 0.6) is 0 Å². The molecular weight excluding hydrogens is 317 g/mol. The molecule has 0 saturated carbocycles. The number of hydrogen-bond acceptors (Lipinski definition) is 3. The highest BCUT2D eigenvalue weighted by Crippen LogP contribution is 2.12. The Morgan fingerprint density at radius 1 is 0.920 bits per heavy atom. The molecule has 2 rings (SSSR count). The van der Waals surface area contributed by atoms with E-state index in [1.807, 2.05) is 18.2 Å². The zero-order valence-electron chi connectivity index (χ0n) is 15.1. The highest BCUT2D eigenvalue weighted by atomic mass is 19.1. The number of nitrogens with zero attached hydrogens (tertiary/aromatic N) is 1. The molecule has 0 aliphatic rings. The van der Waals surface area contributed by atoms with E-state index in [1.165, 1.54) is 17.7 Å². The third kappa shape index (κ3) is 7.78. The fourth-order valence-corrected chi connectivity index (χ4v) is 2.67. The second kappa shape index (κ2) is 10.3. The van der Waals surface area contributed by atoms with Crippen molar-refractivity contribution in [2.75, 3.05) is 19.8 Å². The first-order valence-corrected chi connectivity index (χ1v) is 8.79. The lowest BCUT2D eigenvalue weighted by Crippen LogP contribution is -2.34. The van der Waals surface area contributed by atoms with E-state index in [1.54, 1.807) is 12.1 Å². The lowest BCUT2D eigenvalue weighted by atomic mass is 10.1. The molecule has 2 aromatic carbocycles. The van der Waals surface area contributed by atoms with E-state index in [0.29, 0.717) is 32.2 Å². The maximum absolute atomic E-state index is 13.1. The van der Waals surface area contributed by atoms with Gasteiger partial charge >= 0.3 is 0 Å². The first-order valence-electron chi connectivity index (χ1n) is 8.79. The van der Waals surface area contributed by atoms with E-state index in [0.717, 1.165) is 12.1 Å². The number of aliphatic hydroxyl groups is 1. The van der Waals surface area contributed by atoms with Gasteiger partial charge in [-0.25, -0.2) is 4.39 Å². The SMILES string of the molecule is CC(C)COC[C@H](O)CN(Cc1ccccc1)Cc1ccc(F)cc1. The number of benzene rings is 2. The van der Waals surface area contributed by atoms with Crippen molar-refractivity contribution in [3.8, 4) is 0 Å². The fraction of sp³-hybridized carbons (Fsp3) is 0.429. The van der Waals surface area contributed by atoms with Gasteiger partial charge in [0.25, 0.3) is 0 Å². The minimum atomic E-state index is -0.553. The highest BCUT2D eigenvalue weighted by Gasteiger charge is 2.14. The molecule has 0 amide bonds. The van der Waals surface area contributed by atoms with E-state index < -0.39 is 6.10 Å². The molecule has 3 nitrogen and oxygen atoms in total. The van der Waals surface area contributed by atoms with Crippen LogP contribution >= 0.6 is 0 Å². The van der Waals surface area contributed by atoms with Crippen LogP contribution in [0, 0.1) is 11.7 Å². The predicted molar refractivity (Wildman–Crippen MR) is 98.6 cm³/mol. The van der Waals surface area contributed by atoms with Gasteiger partial charge in [-0.3, -0.25) is 4.90 Å². The summed E-state index contributed by atoms with van der Waals surface area (Å²) in [5.74, 6) is 0.215. The quantitative estimate of drug-likeness (QED) is 0.710. The number of aliphatic hydroxyl groups excluding tert-OH is 1. The van der Waals surface area contributed by atoms with Crippen LogP contribution in [0.2, 0.25) is 0 Å². The van der Waals surface area contributed by atoms with E-state index >= 15 is 0 Å². The molecule has 4 heteroatoms. The molecule has 2 aromatic rings. The zero-order chi connectivity index (χ0) is 18.1. The monoisotopic (exact) mass is 345 g/mol. The van der Waals surface area contributed by atoms with Gasteiger partial charge in [-0.05, 0) is 29.2 Å². The van der Waals surface area contributed by atoms with Crippen molar-refractivity contribution in [2.45, 2.75) is 33.0 Å². The van der Waals surface area contributed by atoms with Crippen molar-refractivity contribution in [2.24, 2.45) is 5.92 Å². The van der Waals surface area contributed by atoms with Gasteiger partial charge in [0.15, 0.2) is 0 Å². The van der Waals surface area contributed by atoms with Crippen molar-refractivity contribution < 1.29 is 14.2 Å². The Balaban J connectivity index is 1.96. The molecule has 0 bridgehead atoms. The number of halogens is 1. The molecule has 25 heavy (non-hydrogen) atoms. The summed E-state index contributed by atoms with van der Waals surface area (Å²) in [4.78, 5) is 2.16. The molecule has 0 saturated heterocycles. The van der Waals surface area contributed by atoms with Crippen LogP contribution in [0.25, 0.3) is 0 Å². The van der Waals surface area contributed by atoms with Gasteiger partial charge in [0.2, 0.25) is 0 Å². The van der Waals surface area contributed by atoms with Gasteiger partial charge in [0, 0.05) is 26.2 Å². The van der Waals surface area contributed by atoms with Gasteiger partial charge in [-0.15, -0.1) is 0 Å². The normalized spacial score (nSPS) is 12.7. The number of hydrogen-bond donors (Lipinski definition) is 1. The topological polar surface area (TPSA) is 32.7 Å². The van der Waals surface area contributed by atoms with Gasteiger partial charge in [-0.2, -0.15) is 0 Å². The Morgan fingerprint density at radius 2 is 1.52 bits per heavy atom. The minimum Gasteiger partial charge on any atom is -0.389 e. The van der Waals surface area contributed by atoms with E-state index in [2.05, 4.69) is 30.9 Å². The average Bonchev–Trinajstić information content (AvgIpc) is 2.57. The van der Waals surface area contributed by atoms with Crippen LogP contribution in [-0.4, -0.2) is 35.9 Å². The first-order chi connectivity index (χ1) is 12.0. The molecule has 0 radical (unpaired) electrons. The maximum Gasteiger partial charge on any atom is 0.123 e. The van der Waals surface area contributed by atoms with E-state index in [-0.39, 0.29) is 5.82 Å². The molecule has 0 aliphatic heterocycles. The summed E-state index contributed by atoms with van der Waals surface area (Å²) < 4.78 is 18.7. The predicted octanol–water partition coefficient (Wildman–Crippen LogP) is 3.86. The largest absolute Gasteiger partial charge is 0.389 e. The lowest BCUT2D eigenvalue weighted by molar-refractivity contribution is 0.00554. The Hall–Kier alpha value is -1.75. The third-order valence-corrected chi connectivity index (χ3v) is 3.80. The molecule has 0 aromatic heterocycles. The second-order valence-corrected chi connectivity index (χ2v) is 6.87. The second-order valence-electron chi connectivity index (χ2n) is 6.87. The Labute approximate surface area is 150 Å². The van der Waals surface area contributed by atoms with Crippen LogP contribution in [0.15, 0.2) is 54.6 Å². The highest BCUT2D eigenvalue weighted by molar-refractivity contribution is 5.17. The molecule has 0 spiro atoms. The fourth-order valence-electron chi connectivity index (χ4n) is 2.67. The van der Waals surface area contributed by atoms with Gasteiger partial charge < -0.3 is 9.84 Å². The summed E-state index contributed by atoms with van der Waals surface area (Å²) in [6.45, 7) is 7.02. The lowest BCUT2D eigenvalue weighted by Gasteiger charge is -2.25. The Bertz CT molecular complexity index is 601. The van der Waals surface area contributed by atoms with Gasteiger partial charge in [-0.1, -0.05) is 56.3 Å². The van der Waals surface area contributed by atoms with Crippen LogP contribution in [-0.2, 0) is 17.8 Å². The maximum atomic E-state index is 13.1. The van der Waals surface area contributed by atoms with E-state index in [4.69, 9.17) is 4.74 Å². The molecule has 136 valence electrons. The molecule has 0 fully saturated rings. The molecule has 0 heterocycles. The summed E-state index contributed by atoms with van der Waals surface area (Å²) in [5.41, 5.74) is 2.20. The molecule has 1 atom stereocenters. The van der Waals surface area contributed by atoms with Crippen molar-refractivity contribution in [1.82, 2.24) is 4.90 Å². The van der Waals surface area contributed by atoms with Crippen LogP contribution in [0.1, 0.15) is 25.0 Å². The molecule has 1 N–H and O–H groups in total. The smallest absolute Gasteiger partial charge is 0.123 e. The number of ether oxygens (including phenoxy) is 1. The van der Waals surface area contributed by atoms with Crippen LogP contribution < -0.4 is 0 Å². The third-order valence-electron chi connectivity index (χ3n) is 3.80. The first kappa shape index (κ1) is 19.6. The Morgan fingerprint density at radius 3 is 2.12 bits per heavy atom. The standard InChI is InChI=1S/C21H28FNO2/c1-17(2)15-25-16-21(24)14-23(12-18-6-4-3-5-7-18)13-19-8-10-20(22)11-9-19/h3-11,17,21,24H,12-16H2,1-2H3/t21-/m1/s1. The summed E-state index contributed by atoms with van der Waals surface area (Å²) in [6, 6.07) is 16.7.